The first-order chi connectivity index (χ1) is 15.4. The number of sulfonamides is 1. The zero-order valence-electron chi connectivity index (χ0n) is 18.2. The van der Waals surface area contributed by atoms with Gasteiger partial charge in [0.15, 0.2) is 0 Å². The largest absolute Gasteiger partial charge is 0.494 e. The fourth-order valence-corrected chi connectivity index (χ4v) is 4.77. The van der Waals surface area contributed by atoms with Gasteiger partial charge in [-0.1, -0.05) is 31.5 Å². The average molecular weight is 460 g/mol. The van der Waals surface area contributed by atoms with E-state index in [1.807, 2.05) is 0 Å². The van der Waals surface area contributed by atoms with Crippen molar-refractivity contribution in [2.75, 3.05) is 39.3 Å². The van der Waals surface area contributed by atoms with Crippen LogP contribution < -0.4 is 10.1 Å². The molecule has 8 nitrogen and oxygen atoms in total. The monoisotopic (exact) mass is 459 g/mol. The van der Waals surface area contributed by atoms with Crippen LogP contribution in [0.25, 0.3) is 0 Å². The summed E-state index contributed by atoms with van der Waals surface area (Å²) in [7, 11) is -3.57. The highest BCUT2D eigenvalue weighted by atomic mass is 32.2. The van der Waals surface area contributed by atoms with Gasteiger partial charge in [-0.2, -0.15) is 4.31 Å². The van der Waals surface area contributed by atoms with Crippen molar-refractivity contribution in [2.24, 2.45) is 0 Å². The van der Waals surface area contributed by atoms with Crippen LogP contribution in [-0.4, -0.2) is 68.8 Å². The van der Waals surface area contributed by atoms with Gasteiger partial charge in [0.2, 0.25) is 15.9 Å². The maximum atomic E-state index is 12.7. The van der Waals surface area contributed by atoms with Gasteiger partial charge in [0, 0.05) is 31.7 Å². The van der Waals surface area contributed by atoms with E-state index in [1.54, 1.807) is 59.5 Å². The summed E-state index contributed by atoms with van der Waals surface area (Å²) in [5.41, 5.74) is 0.444. The van der Waals surface area contributed by atoms with Crippen molar-refractivity contribution in [2.45, 2.75) is 24.7 Å². The van der Waals surface area contributed by atoms with Crippen molar-refractivity contribution in [3.63, 3.8) is 0 Å². The summed E-state index contributed by atoms with van der Waals surface area (Å²) >= 11 is 0. The molecule has 0 radical (unpaired) electrons. The van der Waals surface area contributed by atoms with Crippen LogP contribution in [0.5, 0.6) is 5.75 Å². The first kappa shape index (κ1) is 23.7. The predicted octanol–water partition coefficient (Wildman–Crippen LogP) is 2.13. The SMILES string of the molecule is CCCCOc1ccc(C(=O)NCC(=O)N2CCN(S(=O)(=O)c3ccccc3)CC2)cc1. The summed E-state index contributed by atoms with van der Waals surface area (Å²) in [5, 5.41) is 2.63. The third kappa shape index (κ3) is 6.08. The molecule has 1 aliphatic rings. The summed E-state index contributed by atoms with van der Waals surface area (Å²) in [5.74, 6) is 0.118. The van der Waals surface area contributed by atoms with Crippen LogP contribution in [0.2, 0.25) is 0 Å². The molecule has 3 rings (SSSR count). The van der Waals surface area contributed by atoms with Crippen LogP contribution in [0.4, 0.5) is 0 Å². The van der Waals surface area contributed by atoms with Crippen LogP contribution in [-0.2, 0) is 14.8 Å². The van der Waals surface area contributed by atoms with Crippen molar-refractivity contribution in [3.8, 4) is 5.75 Å². The summed E-state index contributed by atoms with van der Waals surface area (Å²) < 4.78 is 32.3. The topological polar surface area (TPSA) is 96.0 Å². The van der Waals surface area contributed by atoms with Crippen LogP contribution in [0.3, 0.4) is 0 Å². The van der Waals surface area contributed by atoms with E-state index in [2.05, 4.69) is 12.2 Å². The molecule has 1 heterocycles. The Balaban J connectivity index is 1.45. The molecule has 9 heteroatoms. The zero-order valence-corrected chi connectivity index (χ0v) is 19.0. The minimum absolute atomic E-state index is 0.140. The van der Waals surface area contributed by atoms with Gasteiger partial charge >= 0.3 is 0 Å². The van der Waals surface area contributed by atoms with Gasteiger partial charge in [-0.3, -0.25) is 9.59 Å². The smallest absolute Gasteiger partial charge is 0.251 e. The number of piperazine rings is 1. The maximum absolute atomic E-state index is 12.7. The van der Waals surface area contributed by atoms with E-state index >= 15 is 0 Å². The number of hydrogen-bond acceptors (Lipinski definition) is 5. The van der Waals surface area contributed by atoms with Crippen molar-refractivity contribution in [1.82, 2.24) is 14.5 Å². The summed E-state index contributed by atoms with van der Waals surface area (Å²) in [6, 6.07) is 15.0. The number of unbranched alkanes of at least 4 members (excludes halogenated alkanes) is 1. The van der Waals surface area contributed by atoms with Gasteiger partial charge in [0.05, 0.1) is 18.0 Å². The molecule has 0 bridgehead atoms. The van der Waals surface area contributed by atoms with Crippen LogP contribution in [0.15, 0.2) is 59.5 Å². The lowest BCUT2D eigenvalue weighted by molar-refractivity contribution is -0.131. The second-order valence-corrected chi connectivity index (χ2v) is 9.44. The van der Waals surface area contributed by atoms with Crippen molar-refractivity contribution < 1.29 is 22.7 Å². The third-order valence-corrected chi connectivity index (χ3v) is 7.17. The summed E-state index contributed by atoms with van der Waals surface area (Å²) in [6.45, 7) is 3.59. The highest BCUT2D eigenvalue weighted by Crippen LogP contribution is 2.17. The van der Waals surface area contributed by atoms with Crippen LogP contribution in [0.1, 0.15) is 30.1 Å². The van der Waals surface area contributed by atoms with E-state index < -0.39 is 10.0 Å². The third-order valence-electron chi connectivity index (χ3n) is 5.26. The Kier molecular flexibility index (Phi) is 8.24. The molecule has 0 unspecified atom stereocenters. The Hall–Kier alpha value is -2.91. The minimum atomic E-state index is -3.57. The molecule has 2 aromatic rings. The molecule has 0 spiro atoms. The Morgan fingerprint density at radius 2 is 1.62 bits per heavy atom. The fourth-order valence-electron chi connectivity index (χ4n) is 3.33. The number of amides is 2. The van der Waals surface area contributed by atoms with E-state index in [4.69, 9.17) is 4.74 Å². The van der Waals surface area contributed by atoms with E-state index in [0.717, 1.165) is 12.8 Å². The van der Waals surface area contributed by atoms with Crippen molar-refractivity contribution >= 4 is 21.8 Å². The standard InChI is InChI=1S/C23H29N3O5S/c1-2-3-17-31-20-11-9-19(10-12-20)23(28)24-18-22(27)25-13-15-26(16-14-25)32(29,30)21-7-5-4-6-8-21/h4-12H,2-3,13-18H2,1H3,(H,24,28). The molecule has 1 fully saturated rings. The molecule has 0 aliphatic carbocycles. The van der Waals surface area contributed by atoms with Crippen LogP contribution >= 0.6 is 0 Å². The average Bonchev–Trinajstić information content (AvgIpc) is 2.83. The Bertz CT molecular complexity index is 1000. The molecular weight excluding hydrogens is 430 g/mol. The molecule has 0 atom stereocenters. The molecule has 1 N–H and O–H groups in total. The van der Waals surface area contributed by atoms with Crippen molar-refractivity contribution in [3.05, 3.63) is 60.2 Å². The molecule has 0 aromatic heterocycles. The number of nitrogens with one attached hydrogen (secondary N) is 1. The van der Waals surface area contributed by atoms with Gasteiger partial charge < -0.3 is 15.0 Å². The fraction of sp³-hybridized carbons (Fsp3) is 0.391. The molecule has 1 saturated heterocycles. The van der Waals surface area contributed by atoms with E-state index in [1.165, 1.54) is 4.31 Å². The highest BCUT2D eigenvalue weighted by Gasteiger charge is 2.30. The van der Waals surface area contributed by atoms with Gasteiger partial charge in [0.25, 0.3) is 5.91 Å². The first-order valence-corrected chi connectivity index (χ1v) is 12.2. The molecule has 0 saturated carbocycles. The predicted molar refractivity (Wildman–Crippen MR) is 121 cm³/mol. The lowest BCUT2D eigenvalue weighted by Crippen LogP contribution is -2.52. The number of ether oxygens (including phenoxy) is 1. The van der Waals surface area contributed by atoms with Crippen LogP contribution in [0, 0.1) is 0 Å². The molecule has 172 valence electrons. The summed E-state index contributed by atoms with van der Waals surface area (Å²) in [4.78, 5) is 26.6. The normalized spacial score (nSPS) is 14.7. The molecular formula is C23H29N3O5S. The minimum Gasteiger partial charge on any atom is -0.494 e. The number of carbonyl (C=O) groups is 2. The molecule has 2 amide bonds. The molecule has 1 aliphatic heterocycles. The number of hydrogen-bond donors (Lipinski definition) is 1. The van der Waals surface area contributed by atoms with Gasteiger partial charge in [-0.05, 0) is 42.8 Å². The highest BCUT2D eigenvalue weighted by molar-refractivity contribution is 7.89. The lowest BCUT2D eigenvalue weighted by Gasteiger charge is -2.34. The molecule has 2 aromatic carbocycles. The summed E-state index contributed by atoms with van der Waals surface area (Å²) in [6.07, 6.45) is 2.02. The van der Waals surface area contributed by atoms with Gasteiger partial charge in [0.1, 0.15) is 5.75 Å². The Labute approximate surface area is 189 Å². The zero-order chi connectivity index (χ0) is 23.0. The van der Waals surface area contributed by atoms with E-state index in [-0.39, 0.29) is 49.4 Å². The van der Waals surface area contributed by atoms with Gasteiger partial charge in [-0.15, -0.1) is 0 Å². The quantitative estimate of drug-likeness (QED) is 0.580. The molecule has 32 heavy (non-hydrogen) atoms. The first-order valence-electron chi connectivity index (χ1n) is 10.8. The Morgan fingerprint density at radius 3 is 2.25 bits per heavy atom. The maximum Gasteiger partial charge on any atom is 0.251 e. The Morgan fingerprint density at radius 1 is 0.969 bits per heavy atom. The second kappa shape index (κ2) is 11.1. The van der Waals surface area contributed by atoms with Crippen molar-refractivity contribution in [1.29, 1.82) is 0 Å². The van der Waals surface area contributed by atoms with E-state index in [9.17, 15) is 18.0 Å². The second-order valence-electron chi connectivity index (χ2n) is 7.51. The number of nitrogens with zero attached hydrogens (tertiary/aromatic N) is 2. The van der Waals surface area contributed by atoms with E-state index in [0.29, 0.717) is 17.9 Å². The number of carbonyl (C=O) groups excluding carboxylic acids is 2. The number of benzene rings is 2. The van der Waals surface area contributed by atoms with Gasteiger partial charge in [-0.25, -0.2) is 8.42 Å². The lowest BCUT2D eigenvalue weighted by atomic mass is 10.2. The number of rotatable bonds is 9.